The number of carbonyl (C=O) groups excluding carboxylic acids is 1. The quantitative estimate of drug-likeness (QED) is 0.837. The number of hydrogen-bond acceptors (Lipinski definition) is 3. The third kappa shape index (κ3) is 2.81. The fourth-order valence-electron chi connectivity index (χ4n) is 1.80. The average molecular weight is 330 g/mol. The molecule has 18 heavy (non-hydrogen) atoms. The van der Waals surface area contributed by atoms with Crippen molar-refractivity contribution in [3.05, 3.63) is 32.4 Å². The molecular formula is C12H12BrNO3S. The summed E-state index contributed by atoms with van der Waals surface area (Å²) >= 11 is 4.75. The number of amides is 1. The zero-order valence-electron chi connectivity index (χ0n) is 9.64. The SMILES string of the molecule is Cc1cc(C(=O)NC2C=CC(C(=O)O)C2)sc1Br. The van der Waals surface area contributed by atoms with Gasteiger partial charge in [-0.1, -0.05) is 12.2 Å². The minimum absolute atomic E-state index is 0.158. The highest BCUT2D eigenvalue weighted by Crippen LogP contribution is 2.27. The second-order valence-corrected chi connectivity index (χ2v) is 6.58. The Kier molecular flexibility index (Phi) is 3.87. The lowest BCUT2D eigenvalue weighted by atomic mass is 10.1. The molecule has 0 aliphatic heterocycles. The lowest BCUT2D eigenvalue weighted by molar-refractivity contribution is -0.140. The minimum atomic E-state index is -0.849. The molecule has 1 heterocycles. The van der Waals surface area contributed by atoms with E-state index in [9.17, 15) is 9.59 Å². The van der Waals surface area contributed by atoms with E-state index >= 15 is 0 Å². The molecule has 1 aliphatic carbocycles. The zero-order valence-corrected chi connectivity index (χ0v) is 12.0. The number of rotatable bonds is 3. The monoisotopic (exact) mass is 329 g/mol. The molecule has 1 aromatic rings. The largest absolute Gasteiger partial charge is 0.481 e. The van der Waals surface area contributed by atoms with Gasteiger partial charge in [-0.3, -0.25) is 9.59 Å². The van der Waals surface area contributed by atoms with E-state index in [-0.39, 0.29) is 11.9 Å². The number of aryl methyl sites for hydroxylation is 1. The van der Waals surface area contributed by atoms with Gasteiger partial charge in [-0.05, 0) is 40.9 Å². The molecule has 0 saturated carbocycles. The molecular weight excluding hydrogens is 318 g/mol. The summed E-state index contributed by atoms with van der Waals surface area (Å²) in [6, 6.07) is 1.62. The van der Waals surface area contributed by atoms with E-state index in [1.54, 1.807) is 12.2 Å². The summed E-state index contributed by atoms with van der Waals surface area (Å²) in [4.78, 5) is 23.4. The van der Waals surface area contributed by atoms with Crippen molar-refractivity contribution in [3.63, 3.8) is 0 Å². The summed E-state index contributed by atoms with van der Waals surface area (Å²) in [5.74, 6) is -1.50. The van der Waals surface area contributed by atoms with Crippen molar-refractivity contribution in [2.45, 2.75) is 19.4 Å². The number of carbonyl (C=O) groups is 2. The van der Waals surface area contributed by atoms with E-state index in [4.69, 9.17) is 5.11 Å². The molecule has 96 valence electrons. The number of carboxylic acid groups (broad SMARTS) is 1. The molecule has 2 rings (SSSR count). The predicted molar refractivity (Wildman–Crippen MR) is 72.9 cm³/mol. The molecule has 1 amide bonds. The van der Waals surface area contributed by atoms with Crippen molar-refractivity contribution >= 4 is 39.1 Å². The molecule has 0 radical (unpaired) electrons. The van der Waals surface area contributed by atoms with Crippen LogP contribution in [0.3, 0.4) is 0 Å². The first-order valence-electron chi connectivity index (χ1n) is 5.45. The standard InChI is InChI=1S/C12H12BrNO3S/c1-6-4-9(18-10(6)13)11(15)14-8-3-2-7(5-8)12(16)17/h2-4,7-8H,5H2,1H3,(H,14,15)(H,16,17). The summed E-state index contributed by atoms with van der Waals surface area (Å²) < 4.78 is 0.943. The number of hydrogen-bond donors (Lipinski definition) is 2. The third-order valence-corrected chi connectivity index (χ3v) is 4.93. The maximum Gasteiger partial charge on any atom is 0.310 e. The smallest absolute Gasteiger partial charge is 0.310 e. The lowest BCUT2D eigenvalue weighted by Crippen LogP contribution is -2.32. The molecule has 0 fully saturated rings. The number of carboxylic acids is 1. The van der Waals surface area contributed by atoms with Crippen LogP contribution in [0.2, 0.25) is 0 Å². The van der Waals surface area contributed by atoms with Crippen LogP contribution in [-0.4, -0.2) is 23.0 Å². The van der Waals surface area contributed by atoms with Crippen LogP contribution in [0, 0.1) is 12.8 Å². The highest BCUT2D eigenvalue weighted by Gasteiger charge is 2.26. The van der Waals surface area contributed by atoms with E-state index < -0.39 is 11.9 Å². The van der Waals surface area contributed by atoms with Crippen LogP contribution in [0.15, 0.2) is 22.0 Å². The Morgan fingerprint density at radius 2 is 2.22 bits per heavy atom. The van der Waals surface area contributed by atoms with E-state index in [2.05, 4.69) is 21.2 Å². The Bertz CT molecular complexity index is 504. The summed E-state index contributed by atoms with van der Waals surface area (Å²) in [7, 11) is 0. The van der Waals surface area contributed by atoms with Crippen LogP contribution in [0.25, 0.3) is 0 Å². The predicted octanol–water partition coefficient (Wildman–Crippen LogP) is 2.58. The first kappa shape index (κ1) is 13.3. The van der Waals surface area contributed by atoms with Crippen molar-refractivity contribution in [1.82, 2.24) is 5.32 Å². The molecule has 0 spiro atoms. The fourth-order valence-corrected chi connectivity index (χ4v) is 3.24. The van der Waals surface area contributed by atoms with Gasteiger partial charge in [0.15, 0.2) is 0 Å². The molecule has 6 heteroatoms. The fraction of sp³-hybridized carbons (Fsp3) is 0.333. The second-order valence-electron chi connectivity index (χ2n) is 4.21. The van der Waals surface area contributed by atoms with E-state index in [0.717, 1.165) is 9.35 Å². The summed E-state index contributed by atoms with van der Waals surface area (Å²) in [6.45, 7) is 1.92. The number of aliphatic carboxylic acids is 1. The average Bonchev–Trinajstić information content (AvgIpc) is 2.87. The van der Waals surface area contributed by atoms with Gasteiger partial charge in [0, 0.05) is 6.04 Å². The molecule has 2 N–H and O–H groups in total. The molecule has 0 bridgehead atoms. The van der Waals surface area contributed by atoms with Gasteiger partial charge in [0.25, 0.3) is 5.91 Å². The lowest BCUT2D eigenvalue weighted by Gasteiger charge is -2.10. The number of halogens is 1. The Morgan fingerprint density at radius 1 is 1.50 bits per heavy atom. The Hall–Kier alpha value is -1.14. The molecule has 2 atom stereocenters. The molecule has 1 aliphatic rings. The Labute approximate surface area is 117 Å². The van der Waals surface area contributed by atoms with Gasteiger partial charge in [-0.15, -0.1) is 11.3 Å². The molecule has 0 aromatic carbocycles. The molecule has 0 saturated heterocycles. The van der Waals surface area contributed by atoms with Crippen LogP contribution in [0.4, 0.5) is 0 Å². The van der Waals surface area contributed by atoms with E-state index in [1.807, 2.05) is 13.0 Å². The minimum Gasteiger partial charge on any atom is -0.481 e. The van der Waals surface area contributed by atoms with Crippen LogP contribution >= 0.6 is 27.3 Å². The molecule has 2 unspecified atom stereocenters. The van der Waals surface area contributed by atoms with Crippen molar-refractivity contribution < 1.29 is 14.7 Å². The van der Waals surface area contributed by atoms with Crippen LogP contribution in [0.5, 0.6) is 0 Å². The first-order valence-corrected chi connectivity index (χ1v) is 7.06. The Balaban J connectivity index is 1.97. The van der Waals surface area contributed by atoms with E-state index in [1.165, 1.54) is 11.3 Å². The normalized spacial score (nSPS) is 22.1. The van der Waals surface area contributed by atoms with Crippen molar-refractivity contribution in [2.24, 2.45) is 5.92 Å². The van der Waals surface area contributed by atoms with Crippen molar-refractivity contribution in [1.29, 1.82) is 0 Å². The van der Waals surface area contributed by atoms with Gasteiger partial charge < -0.3 is 10.4 Å². The third-order valence-electron chi connectivity index (χ3n) is 2.80. The number of nitrogens with one attached hydrogen (secondary N) is 1. The summed E-state index contributed by atoms with van der Waals surface area (Å²) in [6.07, 6.45) is 3.79. The van der Waals surface area contributed by atoms with Crippen molar-refractivity contribution in [2.75, 3.05) is 0 Å². The van der Waals surface area contributed by atoms with E-state index in [0.29, 0.717) is 11.3 Å². The maximum absolute atomic E-state index is 11.9. The molecule has 1 aromatic heterocycles. The van der Waals surface area contributed by atoms with Gasteiger partial charge in [-0.2, -0.15) is 0 Å². The second kappa shape index (κ2) is 5.24. The van der Waals surface area contributed by atoms with Crippen LogP contribution < -0.4 is 5.32 Å². The van der Waals surface area contributed by atoms with Gasteiger partial charge in [0.1, 0.15) is 0 Å². The first-order chi connectivity index (χ1) is 8.47. The maximum atomic E-state index is 11.9. The van der Waals surface area contributed by atoms with Gasteiger partial charge in [0.2, 0.25) is 0 Å². The van der Waals surface area contributed by atoms with Crippen molar-refractivity contribution in [3.8, 4) is 0 Å². The number of thiophene rings is 1. The molecule has 4 nitrogen and oxygen atoms in total. The summed E-state index contributed by atoms with van der Waals surface area (Å²) in [5.41, 5.74) is 1.02. The summed E-state index contributed by atoms with van der Waals surface area (Å²) in [5, 5.41) is 11.7. The topological polar surface area (TPSA) is 66.4 Å². The highest BCUT2D eigenvalue weighted by molar-refractivity contribution is 9.11. The highest BCUT2D eigenvalue weighted by atomic mass is 79.9. The van der Waals surface area contributed by atoms with Gasteiger partial charge >= 0.3 is 5.97 Å². The Morgan fingerprint density at radius 3 is 2.72 bits per heavy atom. The van der Waals surface area contributed by atoms with Crippen LogP contribution in [0.1, 0.15) is 21.7 Å². The van der Waals surface area contributed by atoms with Gasteiger partial charge in [0.05, 0.1) is 14.6 Å². The van der Waals surface area contributed by atoms with Gasteiger partial charge in [-0.25, -0.2) is 0 Å². The zero-order chi connectivity index (χ0) is 13.3. The van der Waals surface area contributed by atoms with Crippen LogP contribution in [-0.2, 0) is 4.79 Å².